The lowest BCUT2D eigenvalue weighted by molar-refractivity contribution is -0.151. The van der Waals surface area contributed by atoms with Crippen LogP contribution in [0.15, 0.2) is 35.9 Å². The summed E-state index contributed by atoms with van der Waals surface area (Å²) >= 11 is 0. The van der Waals surface area contributed by atoms with Crippen molar-refractivity contribution < 1.29 is 27.4 Å². The van der Waals surface area contributed by atoms with E-state index in [4.69, 9.17) is 4.74 Å². The van der Waals surface area contributed by atoms with Crippen LogP contribution in [0.2, 0.25) is 0 Å². The molecule has 0 unspecified atom stereocenters. The van der Waals surface area contributed by atoms with E-state index in [0.29, 0.717) is 36.7 Å². The summed E-state index contributed by atoms with van der Waals surface area (Å²) in [5.41, 5.74) is 1.99. The summed E-state index contributed by atoms with van der Waals surface area (Å²) in [6, 6.07) is 4.64. The fraction of sp³-hybridized carbons (Fsp3) is 0.538. The van der Waals surface area contributed by atoms with Gasteiger partial charge < -0.3 is 14.7 Å². The Morgan fingerprint density at radius 3 is 2.59 bits per heavy atom. The van der Waals surface area contributed by atoms with Crippen molar-refractivity contribution in [1.29, 1.82) is 0 Å². The molecule has 2 aliphatic rings. The molecule has 2 aliphatic heterocycles. The molecule has 0 aliphatic carbocycles. The molecule has 34 heavy (non-hydrogen) atoms. The topological polar surface area (TPSA) is 83.9 Å². The molecule has 0 aromatic heterocycles. The van der Waals surface area contributed by atoms with Crippen molar-refractivity contribution in [3.8, 4) is 0 Å². The number of anilines is 1. The van der Waals surface area contributed by atoms with Crippen LogP contribution in [0.4, 0.5) is 10.1 Å². The van der Waals surface area contributed by atoms with Gasteiger partial charge in [-0.25, -0.2) is 12.8 Å². The standard InChI is InChI=1S/C26H35FNO5S/c1-18-5-4-6-19(2)26(33-25(30)17-24(29)8-7-18)20(3)13-21-14-22(27)16-23(15-21)28-9-11-34(31,32)12-10-28/h4-6,13-16,18-19,24,26,29H,7-12,17H2,1-3H3/b6-4+,20-13+/t18-,19-,24+,26-/m0/s1. The van der Waals surface area contributed by atoms with E-state index in [-0.39, 0.29) is 23.8 Å². The maximum absolute atomic E-state index is 14.4. The molecule has 2 heterocycles. The Bertz CT molecular complexity index is 1020. The Kier molecular flexibility index (Phi) is 8.93. The van der Waals surface area contributed by atoms with Gasteiger partial charge in [0.15, 0.2) is 9.84 Å². The van der Waals surface area contributed by atoms with Crippen LogP contribution in [0.5, 0.6) is 0 Å². The second kappa shape index (κ2) is 11.5. The van der Waals surface area contributed by atoms with Crippen LogP contribution in [0, 0.1) is 24.1 Å². The average molecular weight is 493 g/mol. The van der Waals surface area contributed by atoms with Crippen molar-refractivity contribution in [3.63, 3.8) is 0 Å². The molecule has 8 heteroatoms. The minimum atomic E-state index is -3.04. The summed E-state index contributed by atoms with van der Waals surface area (Å²) in [6.07, 6.45) is 7.80. The van der Waals surface area contributed by atoms with Crippen LogP contribution >= 0.6 is 0 Å². The summed E-state index contributed by atoms with van der Waals surface area (Å²) in [5.74, 6) is -0.606. The summed E-state index contributed by atoms with van der Waals surface area (Å²) in [7, 11) is -3.04. The number of esters is 1. The number of nitrogens with zero attached hydrogens (tertiary/aromatic N) is 1. The van der Waals surface area contributed by atoms with Gasteiger partial charge in [0.2, 0.25) is 0 Å². The van der Waals surface area contributed by atoms with E-state index in [1.807, 2.05) is 37.0 Å². The number of halogens is 1. The third-order valence-electron chi connectivity index (χ3n) is 6.41. The first-order valence-electron chi connectivity index (χ1n) is 11.9. The minimum Gasteiger partial charge on any atom is -0.457 e. The first-order chi connectivity index (χ1) is 16.0. The molecule has 1 aromatic rings. The zero-order valence-corrected chi connectivity index (χ0v) is 20.9. The highest BCUT2D eigenvalue weighted by atomic mass is 32.2. The highest BCUT2D eigenvalue weighted by molar-refractivity contribution is 7.91. The number of carbonyl (C=O) groups is 1. The van der Waals surface area contributed by atoms with E-state index in [1.165, 1.54) is 12.1 Å². The second-order valence-corrected chi connectivity index (χ2v) is 11.8. The molecule has 1 radical (unpaired) electrons. The lowest BCUT2D eigenvalue weighted by atomic mass is 9.93. The Labute approximate surface area is 202 Å². The predicted molar refractivity (Wildman–Crippen MR) is 132 cm³/mol. The Hall–Kier alpha value is -2.19. The number of allylic oxidation sites excluding steroid dienone is 1. The Morgan fingerprint density at radius 2 is 1.88 bits per heavy atom. The van der Waals surface area contributed by atoms with Crippen LogP contribution in [-0.2, 0) is 19.4 Å². The lowest BCUT2D eigenvalue weighted by Crippen LogP contribution is -2.40. The van der Waals surface area contributed by atoms with Gasteiger partial charge in [0.1, 0.15) is 11.9 Å². The van der Waals surface area contributed by atoms with Crippen molar-refractivity contribution in [2.24, 2.45) is 11.8 Å². The van der Waals surface area contributed by atoms with Crippen LogP contribution in [0.1, 0.15) is 45.6 Å². The smallest absolute Gasteiger partial charge is 0.309 e. The summed E-state index contributed by atoms with van der Waals surface area (Å²) in [4.78, 5) is 14.4. The molecule has 3 rings (SSSR count). The van der Waals surface area contributed by atoms with E-state index in [2.05, 4.69) is 13.3 Å². The molecule has 6 nitrogen and oxygen atoms in total. The Morgan fingerprint density at radius 1 is 1.18 bits per heavy atom. The van der Waals surface area contributed by atoms with Gasteiger partial charge in [-0.05, 0) is 61.4 Å². The van der Waals surface area contributed by atoms with Crippen molar-refractivity contribution in [2.45, 2.75) is 52.2 Å². The van der Waals surface area contributed by atoms with Gasteiger partial charge in [-0.2, -0.15) is 0 Å². The number of carbonyl (C=O) groups excluding carboxylic acids is 1. The number of aliphatic hydroxyl groups excluding tert-OH is 1. The maximum atomic E-state index is 14.4. The molecule has 0 amide bonds. The average Bonchev–Trinajstić information content (AvgIpc) is 2.74. The normalized spacial score (nSPS) is 30.1. The molecule has 0 spiro atoms. The van der Waals surface area contributed by atoms with Gasteiger partial charge in [-0.1, -0.05) is 32.1 Å². The molecule has 1 N–H and O–H groups in total. The van der Waals surface area contributed by atoms with E-state index >= 15 is 0 Å². The molecule has 1 fully saturated rings. The van der Waals surface area contributed by atoms with E-state index in [9.17, 15) is 22.7 Å². The molecule has 1 saturated heterocycles. The van der Waals surface area contributed by atoms with Gasteiger partial charge in [0, 0.05) is 24.7 Å². The fourth-order valence-corrected chi connectivity index (χ4v) is 5.56. The molecule has 0 bridgehead atoms. The summed E-state index contributed by atoms with van der Waals surface area (Å²) < 4.78 is 43.7. The molecule has 0 saturated carbocycles. The number of ether oxygens (including phenoxy) is 1. The van der Waals surface area contributed by atoms with Gasteiger partial charge in [-0.3, -0.25) is 4.79 Å². The quantitative estimate of drug-likeness (QED) is 0.644. The van der Waals surface area contributed by atoms with Gasteiger partial charge in [-0.15, -0.1) is 0 Å². The first kappa shape index (κ1) is 26.4. The maximum Gasteiger partial charge on any atom is 0.309 e. The van der Waals surface area contributed by atoms with E-state index in [1.54, 1.807) is 6.08 Å². The molecular formula is C26H35FNO5S. The fourth-order valence-electron chi connectivity index (χ4n) is 4.36. The highest BCUT2D eigenvalue weighted by Crippen LogP contribution is 2.26. The minimum absolute atomic E-state index is 0.0527. The second-order valence-electron chi connectivity index (χ2n) is 9.53. The lowest BCUT2D eigenvalue weighted by Gasteiger charge is -2.29. The SMILES string of the molecule is C/C(=C\c1cc(F)cc(N2CCS(=O)(=O)CC2)c1)[C@H]1OC(=O)C[C@H](O)CC[C@@H](C)[CH]/C=C/[C@@H]1C. The van der Waals surface area contributed by atoms with Crippen molar-refractivity contribution in [1.82, 2.24) is 0 Å². The van der Waals surface area contributed by atoms with Crippen LogP contribution in [0.3, 0.4) is 0 Å². The third kappa shape index (κ3) is 7.67. The number of sulfone groups is 1. The number of cyclic esters (lactones) is 1. The van der Waals surface area contributed by atoms with E-state index < -0.39 is 33.8 Å². The third-order valence-corrected chi connectivity index (χ3v) is 8.01. The Balaban J connectivity index is 1.85. The van der Waals surface area contributed by atoms with Crippen LogP contribution in [-0.4, -0.2) is 56.3 Å². The monoisotopic (exact) mass is 492 g/mol. The zero-order chi connectivity index (χ0) is 24.9. The molecule has 4 atom stereocenters. The predicted octanol–water partition coefficient (Wildman–Crippen LogP) is 3.95. The van der Waals surface area contributed by atoms with Gasteiger partial charge >= 0.3 is 5.97 Å². The first-order valence-corrected chi connectivity index (χ1v) is 13.7. The van der Waals surface area contributed by atoms with Crippen LogP contribution < -0.4 is 4.90 Å². The molecule has 1 aromatic carbocycles. The van der Waals surface area contributed by atoms with Crippen molar-refractivity contribution in [3.05, 3.63) is 53.7 Å². The number of hydrogen-bond donors (Lipinski definition) is 1. The summed E-state index contributed by atoms with van der Waals surface area (Å²) in [6.45, 7) is 6.53. The number of aliphatic hydroxyl groups is 1. The number of hydrogen-bond acceptors (Lipinski definition) is 6. The van der Waals surface area contributed by atoms with Crippen LogP contribution in [0.25, 0.3) is 6.08 Å². The summed E-state index contributed by atoms with van der Waals surface area (Å²) in [5, 5.41) is 10.2. The van der Waals surface area contributed by atoms with Crippen molar-refractivity contribution in [2.75, 3.05) is 29.5 Å². The number of rotatable bonds is 3. The highest BCUT2D eigenvalue weighted by Gasteiger charge is 2.25. The van der Waals surface area contributed by atoms with Gasteiger partial charge in [0.25, 0.3) is 0 Å². The van der Waals surface area contributed by atoms with Gasteiger partial charge in [0.05, 0.1) is 24.0 Å². The molecule has 187 valence electrons. The zero-order valence-electron chi connectivity index (χ0n) is 20.1. The van der Waals surface area contributed by atoms with E-state index in [0.717, 1.165) is 12.0 Å². The largest absolute Gasteiger partial charge is 0.457 e. The number of benzene rings is 1. The molecular weight excluding hydrogens is 457 g/mol. The van der Waals surface area contributed by atoms with Crippen molar-refractivity contribution >= 4 is 27.6 Å².